The molecule has 2 nitrogen and oxygen atoms in total. The molecule has 0 radical (unpaired) electrons. The fraction of sp³-hybridized carbons (Fsp3) is 0.143. The van der Waals surface area contributed by atoms with E-state index in [4.69, 9.17) is 9.47 Å². The van der Waals surface area contributed by atoms with Gasteiger partial charge in [-0.25, -0.2) is 0 Å². The van der Waals surface area contributed by atoms with Gasteiger partial charge in [-0.1, -0.05) is 12.1 Å². The average Bonchev–Trinajstić information content (AvgIpc) is 2.34. The Kier molecular flexibility index (Phi) is 1.90. The number of benzene rings is 2. The van der Waals surface area contributed by atoms with E-state index in [1.54, 1.807) is 14.2 Å². The second-order valence-electron chi connectivity index (χ2n) is 3.82. The van der Waals surface area contributed by atoms with Crippen LogP contribution >= 0.6 is 0 Å². The summed E-state index contributed by atoms with van der Waals surface area (Å²) < 4.78 is 10.4. The van der Waals surface area contributed by atoms with Crippen molar-refractivity contribution in [1.29, 1.82) is 0 Å². The number of hydrogen-bond acceptors (Lipinski definition) is 2. The van der Waals surface area contributed by atoms with Crippen LogP contribution in [-0.4, -0.2) is 14.2 Å². The SMILES string of the molecule is COc1ccc2c(c1)-c1cc(OC)ccc1-2. The highest BCUT2D eigenvalue weighted by Gasteiger charge is 2.22. The Balaban J connectivity index is 2.12. The lowest BCUT2D eigenvalue weighted by Gasteiger charge is -2.24. The van der Waals surface area contributed by atoms with E-state index >= 15 is 0 Å². The van der Waals surface area contributed by atoms with Gasteiger partial charge >= 0.3 is 0 Å². The van der Waals surface area contributed by atoms with Crippen molar-refractivity contribution in [1.82, 2.24) is 0 Å². The van der Waals surface area contributed by atoms with E-state index in [2.05, 4.69) is 24.3 Å². The monoisotopic (exact) mass is 212 g/mol. The zero-order valence-electron chi connectivity index (χ0n) is 9.28. The summed E-state index contributed by atoms with van der Waals surface area (Å²) in [7, 11) is 3.37. The van der Waals surface area contributed by atoms with Gasteiger partial charge in [0.15, 0.2) is 0 Å². The van der Waals surface area contributed by atoms with E-state index in [0.29, 0.717) is 0 Å². The summed E-state index contributed by atoms with van der Waals surface area (Å²) in [5.41, 5.74) is 5.07. The molecule has 2 aromatic rings. The van der Waals surface area contributed by atoms with Gasteiger partial charge in [-0.15, -0.1) is 0 Å². The Hall–Kier alpha value is -1.96. The highest BCUT2D eigenvalue weighted by molar-refractivity contribution is 6.03. The highest BCUT2D eigenvalue weighted by Crippen LogP contribution is 2.49. The molecule has 0 atom stereocenters. The van der Waals surface area contributed by atoms with Crippen molar-refractivity contribution in [2.45, 2.75) is 0 Å². The molecule has 0 saturated heterocycles. The van der Waals surface area contributed by atoms with Crippen LogP contribution in [0.2, 0.25) is 0 Å². The van der Waals surface area contributed by atoms with Gasteiger partial charge in [-0.05, 0) is 46.5 Å². The average molecular weight is 212 g/mol. The van der Waals surface area contributed by atoms with Crippen molar-refractivity contribution >= 4 is 0 Å². The molecule has 0 spiro atoms. The van der Waals surface area contributed by atoms with Crippen LogP contribution in [0.25, 0.3) is 22.3 Å². The molecule has 0 bridgehead atoms. The fourth-order valence-electron chi connectivity index (χ4n) is 2.15. The molecular formula is C14H12O2. The molecule has 1 aliphatic carbocycles. The van der Waals surface area contributed by atoms with E-state index in [0.717, 1.165) is 11.5 Å². The summed E-state index contributed by atoms with van der Waals surface area (Å²) in [5.74, 6) is 1.79. The van der Waals surface area contributed by atoms with Crippen molar-refractivity contribution in [3.05, 3.63) is 36.4 Å². The van der Waals surface area contributed by atoms with Crippen molar-refractivity contribution in [2.24, 2.45) is 0 Å². The van der Waals surface area contributed by atoms with E-state index < -0.39 is 0 Å². The summed E-state index contributed by atoms with van der Waals surface area (Å²) >= 11 is 0. The van der Waals surface area contributed by atoms with Gasteiger partial charge < -0.3 is 9.47 Å². The molecule has 0 saturated carbocycles. The molecule has 0 heterocycles. The predicted molar refractivity (Wildman–Crippen MR) is 64.0 cm³/mol. The fourth-order valence-corrected chi connectivity index (χ4v) is 2.15. The number of methoxy groups -OCH3 is 2. The first-order valence-corrected chi connectivity index (χ1v) is 5.20. The quantitative estimate of drug-likeness (QED) is 0.648. The summed E-state index contributed by atoms with van der Waals surface area (Å²) in [6.45, 7) is 0. The molecule has 0 amide bonds. The zero-order chi connectivity index (χ0) is 11.1. The van der Waals surface area contributed by atoms with Crippen LogP contribution in [0.5, 0.6) is 11.5 Å². The van der Waals surface area contributed by atoms with Crippen LogP contribution in [0.3, 0.4) is 0 Å². The third-order valence-electron chi connectivity index (χ3n) is 3.03. The molecule has 1 aliphatic rings. The van der Waals surface area contributed by atoms with Gasteiger partial charge in [0.1, 0.15) is 11.5 Å². The standard InChI is InChI=1S/C14H12O2/c1-15-9-3-5-11-12-6-4-10(16-2)8-14(12)13(11)7-9/h3-8H,1-2H3. The lowest BCUT2D eigenvalue weighted by atomic mass is 9.80. The molecule has 80 valence electrons. The predicted octanol–water partition coefficient (Wildman–Crippen LogP) is 3.35. The Morgan fingerprint density at radius 1 is 0.625 bits per heavy atom. The molecule has 0 aromatic heterocycles. The lowest BCUT2D eigenvalue weighted by molar-refractivity contribution is 0.414. The second-order valence-corrected chi connectivity index (χ2v) is 3.82. The third-order valence-corrected chi connectivity index (χ3v) is 3.03. The van der Waals surface area contributed by atoms with Gasteiger partial charge in [0, 0.05) is 0 Å². The van der Waals surface area contributed by atoms with E-state index in [1.807, 2.05) is 12.1 Å². The van der Waals surface area contributed by atoms with Crippen molar-refractivity contribution < 1.29 is 9.47 Å². The Bertz CT molecular complexity index is 507. The van der Waals surface area contributed by atoms with Crippen LogP contribution in [0, 0.1) is 0 Å². The summed E-state index contributed by atoms with van der Waals surface area (Å²) in [4.78, 5) is 0. The van der Waals surface area contributed by atoms with Crippen molar-refractivity contribution in [3.63, 3.8) is 0 Å². The number of ether oxygens (including phenoxy) is 2. The van der Waals surface area contributed by atoms with E-state index in [9.17, 15) is 0 Å². The topological polar surface area (TPSA) is 18.5 Å². The van der Waals surface area contributed by atoms with Crippen molar-refractivity contribution in [3.8, 4) is 33.8 Å². The first kappa shape index (κ1) is 9.28. The maximum atomic E-state index is 5.22. The lowest BCUT2D eigenvalue weighted by Crippen LogP contribution is -1.99. The largest absolute Gasteiger partial charge is 0.497 e. The van der Waals surface area contributed by atoms with Gasteiger partial charge in [0.05, 0.1) is 14.2 Å². The van der Waals surface area contributed by atoms with E-state index in [-0.39, 0.29) is 0 Å². The molecule has 0 N–H and O–H groups in total. The molecular weight excluding hydrogens is 200 g/mol. The van der Waals surface area contributed by atoms with Crippen LogP contribution < -0.4 is 9.47 Å². The smallest absolute Gasteiger partial charge is 0.119 e. The third kappa shape index (κ3) is 1.13. The number of hydrogen-bond donors (Lipinski definition) is 0. The van der Waals surface area contributed by atoms with Crippen LogP contribution in [0.4, 0.5) is 0 Å². The van der Waals surface area contributed by atoms with Gasteiger partial charge in [-0.2, -0.15) is 0 Å². The highest BCUT2D eigenvalue weighted by atomic mass is 16.5. The van der Waals surface area contributed by atoms with E-state index in [1.165, 1.54) is 22.3 Å². The molecule has 16 heavy (non-hydrogen) atoms. The minimum atomic E-state index is 0.896. The molecule has 0 unspecified atom stereocenters. The van der Waals surface area contributed by atoms with Crippen LogP contribution in [0.15, 0.2) is 36.4 Å². The maximum Gasteiger partial charge on any atom is 0.119 e. The summed E-state index contributed by atoms with van der Waals surface area (Å²) in [6, 6.07) is 12.3. The van der Waals surface area contributed by atoms with Crippen LogP contribution in [-0.2, 0) is 0 Å². The summed E-state index contributed by atoms with van der Waals surface area (Å²) in [6.07, 6.45) is 0. The molecule has 2 heteroatoms. The Labute approximate surface area is 94.4 Å². The number of rotatable bonds is 2. The molecule has 0 fully saturated rings. The first-order valence-electron chi connectivity index (χ1n) is 5.20. The molecule has 3 rings (SSSR count). The van der Waals surface area contributed by atoms with Gasteiger partial charge in [0.2, 0.25) is 0 Å². The Morgan fingerprint density at radius 3 is 1.44 bits per heavy atom. The van der Waals surface area contributed by atoms with Crippen molar-refractivity contribution in [2.75, 3.05) is 14.2 Å². The summed E-state index contributed by atoms with van der Waals surface area (Å²) in [5, 5.41) is 0. The molecule has 0 aliphatic heterocycles. The number of fused-ring (bicyclic) bond motifs is 4. The van der Waals surface area contributed by atoms with Crippen LogP contribution in [0.1, 0.15) is 0 Å². The normalized spacial score (nSPS) is 11.1. The first-order chi connectivity index (χ1) is 7.83. The van der Waals surface area contributed by atoms with Gasteiger partial charge in [-0.3, -0.25) is 0 Å². The second kappa shape index (κ2) is 3.27. The minimum absolute atomic E-state index is 0.896. The van der Waals surface area contributed by atoms with Gasteiger partial charge in [0.25, 0.3) is 0 Å². The maximum absolute atomic E-state index is 5.22. The molecule has 2 aromatic carbocycles. The minimum Gasteiger partial charge on any atom is -0.497 e. The zero-order valence-corrected chi connectivity index (χ0v) is 9.28. The Morgan fingerprint density at radius 2 is 1.06 bits per heavy atom.